The van der Waals surface area contributed by atoms with Gasteiger partial charge in [-0.1, -0.05) is 6.92 Å². The molecule has 1 aliphatic heterocycles. The molecule has 1 rings (SSSR count). The molecule has 0 radical (unpaired) electrons. The lowest BCUT2D eigenvalue weighted by molar-refractivity contribution is -0.150. The van der Waals surface area contributed by atoms with Gasteiger partial charge in [0.2, 0.25) is 5.91 Å². The van der Waals surface area contributed by atoms with Gasteiger partial charge in [-0.25, -0.2) is 0 Å². The van der Waals surface area contributed by atoms with Crippen molar-refractivity contribution in [3.05, 3.63) is 0 Å². The predicted molar refractivity (Wildman–Crippen MR) is 55.3 cm³/mol. The molecule has 1 saturated heterocycles. The zero-order chi connectivity index (χ0) is 11.4. The number of carbonyl (C=O) groups excluding carboxylic acids is 2. The van der Waals surface area contributed by atoms with Gasteiger partial charge in [0.15, 0.2) is 0 Å². The third-order valence-electron chi connectivity index (χ3n) is 2.82. The Labute approximate surface area is 90.0 Å². The summed E-state index contributed by atoms with van der Waals surface area (Å²) in [5, 5.41) is 0. The molecule has 0 aromatic heterocycles. The van der Waals surface area contributed by atoms with E-state index in [-0.39, 0.29) is 24.3 Å². The Balaban J connectivity index is 2.69. The summed E-state index contributed by atoms with van der Waals surface area (Å²) >= 11 is 0. The first kappa shape index (κ1) is 12.0. The zero-order valence-electron chi connectivity index (χ0n) is 9.52. The van der Waals surface area contributed by atoms with Gasteiger partial charge in [-0.15, -0.1) is 0 Å². The average molecular weight is 214 g/mol. The van der Waals surface area contributed by atoms with E-state index in [4.69, 9.17) is 0 Å². The summed E-state index contributed by atoms with van der Waals surface area (Å²) in [4.78, 5) is 26.7. The molecule has 1 amide bonds. The van der Waals surface area contributed by atoms with Gasteiger partial charge >= 0.3 is 5.97 Å². The van der Waals surface area contributed by atoms with Crippen LogP contribution in [0.4, 0.5) is 0 Å². The Kier molecular flexibility index (Phi) is 4.08. The summed E-state index contributed by atoms with van der Waals surface area (Å²) in [6, 6.07) is -0.346. The van der Waals surface area contributed by atoms with Crippen molar-refractivity contribution >= 4 is 11.9 Å². The Hall–Kier alpha value is -1.10. The van der Waals surface area contributed by atoms with E-state index in [1.54, 1.807) is 11.9 Å². The number of esters is 1. The number of nitrogens with zero attached hydrogens (tertiary/aromatic N) is 2. The zero-order valence-corrected chi connectivity index (χ0v) is 9.52. The van der Waals surface area contributed by atoms with Gasteiger partial charge in [0.1, 0.15) is 0 Å². The molecule has 0 N–H and O–H groups in total. The van der Waals surface area contributed by atoms with Crippen molar-refractivity contribution in [2.45, 2.75) is 19.4 Å². The van der Waals surface area contributed by atoms with Crippen molar-refractivity contribution in [2.75, 3.05) is 33.8 Å². The van der Waals surface area contributed by atoms with Crippen molar-refractivity contribution in [2.24, 2.45) is 0 Å². The Morgan fingerprint density at radius 3 is 2.73 bits per heavy atom. The lowest BCUT2D eigenvalue weighted by Gasteiger charge is -2.37. The summed E-state index contributed by atoms with van der Waals surface area (Å²) in [5.74, 6) is -0.324. The number of amides is 1. The number of methoxy groups -OCH3 is 1. The minimum Gasteiger partial charge on any atom is -0.469 e. The van der Waals surface area contributed by atoms with E-state index >= 15 is 0 Å². The lowest BCUT2D eigenvalue weighted by Crippen LogP contribution is -2.56. The average Bonchev–Trinajstić information content (AvgIpc) is 2.25. The molecular formula is C10H18N2O3. The topological polar surface area (TPSA) is 49.9 Å². The standard InChI is InChI=1S/C10H18N2O3/c1-4-12-6-5-11(2)10(14)8(12)7-9(13)15-3/h8H,4-7H2,1-3H3. The highest BCUT2D eigenvalue weighted by Gasteiger charge is 2.33. The minimum absolute atomic E-state index is 0.00787. The molecule has 0 spiro atoms. The van der Waals surface area contributed by atoms with Gasteiger partial charge in [0.25, 0.3) is 0 Å². The Morgan fingerprint density at radius 1 is 1.53 bits per heavy atom. The fourth-order valence-electron chi connectivity index (χ4n) is 1.79. The summed E-state index contributed by atoms with van der Waals surface area (Å²) < 4.78 is 4.59. The molecule has 1 fully saturated rings. The van der Waals surface area contributed by atoms with Crippen molar-refractivity contribution in [1.82, 2.24) is 9.80 Å². The van der Waals surface area contributed by atoms with Crippen LogP contribution in [0.15, 0.2) is 0 Å². The van der Waals surface area contributed by atoms with Crippen LogP contribution in [0.3, 0.4) is 0 Å². The van der Waals surface area contributed by atoms with E-state index in [0.29, 0.717) is 0 Å². The van der Waals surface area contributed by atoms with Crippen LogP contribution in [-0.4, -0.2) is 61.5 Å². The fourth-order valence-corrected chi connectivity index (χ4v) is 1.79. The largest absolute Gasteiger partial charge is 0.469 e. The van der Waals surface area contributed by atoms with Crippen molar-refractivity contribution in [3.8, 4) is 0 Å². The van der Waals surface area contributed by atoms with Gasteiger partial charge in [0.05, 0.1) is 19.6 Å². The van der Waals surface area contributed by atoms with Crippen LogP contribution >= 0.6 is 0 Å². The first-order valence-corrected chi connectivity index (χ1v) is 5.16. The first-order valence-electron chi connectivity index (χ1n) is 5.16. The maximum atomic E-state index is 11.8. The lowest BCUT2D eigenvalue weighted by atomic mass is 10.1. The molecule has 1 unspecified atom stereocenters. The highest BCUT2D eigenvalue weighted by Crippen LogP contribution is 2.13. The normalized spacial score (nSPS) is 23.0. The van der Waals surface area contributed by atoms with Crippen LogP contribution in [0.1, 0.15) is 13.3 Å². The molecule has 86 valence electrons. The van der Waals surface area contributed by atoms with Gasteiger partial charge < -0.3 is 9.64 Å². The van der Waals surface area contributed by atoms with Crippen molar-refractivity contribution in [1.29, 1.82) is 0 Å². The van der Waals surface area contributed by atoms with Crippen LogP contribution in [0.25, 0.3) is 0 Å². The molecule has 0 aliphatic carbocycles. The summed E-state index contributed by atoms with van der Waals surface area (Å²) in [5.41, 5.74) is 0. The van der Waals surface area contributed by atoms with Crippen LogP contribution in [-0.2, 0) is 14.3 Å². The van der Waals surface area contributed by atoms with Crippen LogP contribution in [0.5, 0.6) is 0 Å². The van der Waals surface area contributed by atoms with Crippen molar-refractivity contribution < 1.29 is 14.3 Å². The molecule has 0 bridgehead atoms. The van der Waals surface area contributed by atoms with E-state index < -0.39 is 0 Å². The maximum absolute atomic E-state index is 11.8. The summed E-state index contributed by atoms with van der Waals surface area (Å²) in [6.07, 6.45) is 0.146. The van der Waals surface area contributed by atoms with Gasteiger partial charge in [0, 0.05) is 20.1 Å². The first-order chi connectivity index (χ1) is 7.10. The van der Waals surface area contributed by atoms with Crippen molar-refractivity contribution in [3.63, 3.8) is 0 Å². The molecule has 1 heterocycles. The number of hydrogen-bond acceptors (Lipinski definition) is 4. The van der Waals surface area contributed by atoms with Gasteiger partial charge in [-0.3, -0.25) is 14.5 Å². The van der Waals surface area contributed by atoms with E-state index in [2.05, 4.69) is 4.74 Å². The number of likely N-dealkylation sites (N-methyl/N-ethyl adjacent to an activating group) is 2. The molecule has 1 atom stereocenters. The van der Waals surface area contributed by atoms with E-state index in [9.17, 15) is 9.59 Å². The third-order valence-corrected chi connectivity index (χ3v) is 2.82. The molecule has 5 heteroatoms. The second-order valence-electron chi connectivity index (χ2n) is 3.68. The van der Waals surface area contributed by atoms with E-state index in [1.165, 1.54) is 7.11 Å². The number of piperazine rings is 1. The monoisotopic (exact) mass is 214 g/mol. The molecular weight excluding hydrogens is 196 g/mol. The van der Waals surface area contributed by atoms with Crippen LogP contribution in [0.2, 0.25) is 0 Å². The van der Waals surface area contributed by atoms with E-state index in [1.807, 2.05) is 11.8 Å². The second-order valence-corrected chi connectivity index (χ2v) is 3.68. The number of rotatable bonds is 3. The Morgan fingerprint density at radius 2 is 2.20 bits per heavy atom. The highest BCUT2D eigenvalue weighted by molar-refractivity contribution is 5.87. The Bertz CT molecular complexity index is 255. The van der Waals surface area contributed by atoms with Crippen LogP contribution in [0, 0.1) is 0 Å². The summed E-state index contributed by atoms with van der Waals surface area (Å²) in [6.45, 7) is 4.31. The van der Waals surface area contributed by atoms with E-state index in [0.717, 1.165) is 19.6 Å². The summed E-state index contributed by atoms with van der Waals surface area (Å²) in [7, 11) is 3.11. The number of carbonyl (C=O) groups is 2. The smallest absolute Gasteiger partial charge is 0.307 e. The molecule has 0 aromatic carbocycles. The number of hydrogen-bond donors (Lipinski definition) is 0. The maximum Gasteiger partial charge on any atom is 0.307 e. The van der Waals surface area contributed by atoms with Gasteiger partial charge in [-0.05, 0) is 6.54 Å². The highest BCUT2D eigenvalue weighted by atomic mass is 16.5. The third kappa shape index (κ3) is 2.68. The SMILES string of the molecule is CCN1CCN(C)C(=O)C1CC(=O)OC. The molecule has 1 aliphatic rings. The molecule has 0 saturated carbocycles. The predicted octanol–water partition coefficient (Wildman–Crippen LogP) is -0.288. The van der Waals surface area contributed by atoms with Gasteiger partial charge in [-0.2, -0.15) is 0 Å². The van der Waals surface area contributed by atoms with Crippen LogP contribution < -0.4 is 0 Å². The molecule has 15 heavy (non-hydrogen) atoms. The fraction of sp³-hybridized carbons (Fsp3) is 0.800. The molecule has 0 aromatic rings. The minimum atomic E-state index is -0.346. The number of ether oxygens (including phenoxy) is 1. The molecule has 5 nitrogen and oxygen atoms in total. The second kappa shape index (κ2) is 5.11. The quantitative estimate of drug-likeness (QED) is 0.606.